The molecule has 0 bridgehead atoms. The Kier molecular flexibility index (Phi) is 5.63. The average molecular weight is 376 g/mol. The second-order valence-corrected chi connectivity index (χ2v) is 6.39. The molecule has 1 fully saturated rings. The quantitative estimate of drug-likeness (QED) is 0.796. The molecule has 3 heterocycles. The molecule has 0 aliphatic carbocycles. The van der Waals surface area contributed by atoms with Crippen LogP contribution in [0, 0.1) is 0 Å². The summed E-state index contributed by atoms with van der Waals surface area (Å²) in [6, 6.07) is 3.21. The highest BCUT2D eigenvalue weighted by Gasteiger charge is 2.31. The van der Waals surface area contributed by atoms with E-state index in [1.807, 2.05) is 0 Å². The van der Waals surface area contributed by atoms with Crippen LogP contribution < -0.4 is 10.1 Å². The van der Waals surface area contributed by atoms with E-state index in [2.05, 4.69) is 20.4 Å². The van der Waals surface area contributed by atoms with Crippen LogP contribution >= 0.6 is 0 Å². The summed E-state index contributed by atoms with van der Waals surface area (Å²) in [7, 11) is 3.02. The van der Waals surface area contributed by atoms with E-state index in [9.17, 15) is 14.0 Å². The number of methoxy groups -OCH3 is 1. The molecule has 27 heavy (non-hydrogen) atoms. The zero-order valence-corrected chi connectivity index (χ0v) is 15.1. The average Bonchev–Trinajstić information content (AvgIpc) is 3.03. The van der Waals surface area contributed by atoms with Crippen molar-refractivity contribution in [2.75, 3.05) is 20.2 Å². The minimum atomic E-state index is -1.21. The van der Waals surface area contributed by atoms with Crippen LogP contribution in [0.15, 0.2) is 24.5 Å². The molecule has 0 saturated carbocycles. The lowest BCUT2D eigenvalue weighted by atomic mass is 10.0. The largest absolute Gasteiger partial charge is 0.467 e. The van der Waals surface area contributed by atoms with Crippen molar-refractivity contribution in [1.82, 2.24) is 30.0 Å². The highest BCUT2D eigenvalue weighted by Crippen LogP contribution is 2.16. The summed E-state index contributed by atoms with van der Waals surface area (Å²) < 4.78 is 20.5. The van der Waals surface area contributed by atoms with Crippen molar-refractivity contribution in [2.45, 2.75) is 25.1 Å². The van der Waals surface area contributed by atoms with Gasteiger partial charge >= 0.3 is 6.01 Å². The van der Waals surface area contributed by atoms with Crippen molar-refractivity contribution in [3.05, 3.63) is 35.9 Å². The topological polar surface area (TPSA) is 102 Å². The molecule has 2 atom stereocenters. The van der Waals surface area contributed by atoms with E-state index in [1.54, 1.807) is 31.6 Å². The Morgan fingerprint density at radius 3 is 2.89 bits per heavy atom. The number of nitrogens with one attached hydrogen (secondary N) is 1. The number of hydrogen-bond acceptors (Lipinski definition) is 6. The molecule has 9 nitrogen and oxygen atoms in total. The Morgan fingerprint density at radius 2 is 2.22 bits per heavy atom. The molecule has 2 aromatic rings. The zero-order valence-electron chi connectivity index (χ0n) is 15.1. The summed E-state index contributed by atoms with van der Waals surface area (Å²) >= 11 is 0. The van der Waals surface area contributed by atoms with Crippen LogP contribution in [0.25, 0.3) is 0 Å². The molecule has 1 aliphatic rings. The van der Waals surface area contributed by atoms with E-state index in [-0.39, 0.29) is 43.7 Å². The van der Waals surface area contributed by atoms with Gasteiger partial charge in [0.2, 0.25) is 11.7 Å². The maximum atomic E-state index is 14.1. The van der Waals surface area contributed by atoms with Crippen LogP contribution in [0.1, 0.15) is 22.6 Å². The number of pyridine rings is 1. The van der Waals surface area contributed by atoms with E-state index in [0.717, 1.165) is 5.56 Å². The first-order valence-corrected chi connectivity index (χ1v) is 8.53. The molecule has 3 rings (SSSR count). The number of hydrogen-bond donors (Lipinski definition) is 1. The number of ether oxygens (including phenoxy) is 1. The molecule has 144 valence electrons. The van der Waals surface area contributed by atoms with Crippen molar-refractivity contribution in [3.63, 3.8) is 0 Å². The number of likely N-dealkylation sites (tertiary alicyclic amines) is 1. The van der Waals surface area contributed by atoms with Gasteiger partial charge in [-0.05, 0) is 11.6 Å². The minimum absolute atomic E-state index is 0.0150. The van der Waals surface area contributed by atoms with Crippen LogP contribution in [0.3, 0.4) is 0 Å². The third-order valence-electron chi connectivity index (χ3n) is 4.27. The lowest BCUT2D eigenvalue weighted by molar-refractivity contribution is -0.133. The Balaban J connectivity index is 1.62. The van der Waals surface area contributed by atoms with Gasteiger partial charge in [0.05, 0.1) is 20.1 Å². The second-order valence-electron chi connectivity index (χ2n) is 6.39. The molecular weight excluding hydrogens is 355 g/mol. The van der Waals surface area contributed by atoms with Gasteiger partial charge in [-0.2, -0.15) is 4.98 Å². The normalized spacial score (nSPS) is 19.6. The van der Waals surface area contributed by atoms with Crippen LogP contribution in [0.5, 0.6) is 6.01 Å². The van der Waals surface area contributed by atoms with Crippen molar-refractivity contribution >= 4 is 11.8 Å². The summed E-state index contributed by atoms with van der Waals surface area (Å²) in [6.45, 7) is 0.246. The molecule has 2 amide bonds. The SMILES string of the molecule is COc1nc(C(=O)N[C@H]2C[C@@H](F)CN(C(=O)Cc3cccnc3)C2)nn1C. The van der Waals surface area contributed by atoms with E-state index < -0.39 is 18.1 Å². The molecule has 0 spiro atoms. The molecule has 0 unspecified atom stereocenters. The summed E-state index contributed by atoms with van der Waals surface area (Å²) in [4.78, 5) is 34.2. The maximum Gasteiger partial charge on any atom is 0.314 e. The van der Waals surface area contributed by atoms with Gasteiger partial charge in [0, 0.05) is 38.4 Å². The number of halogens is 1. The summed E-state index contributed by atoms with van der Waals surface area (Å²) in [5.74, 6) is -0.807. The molecular formula is C17H21FN6O3. The first kappa shape index (κ1) is 18.7. The molecule has 1 aliphatic heterocycles. The molecule has 2 aromatic heterocycles. The zero-order chi connectivity index (χ0) is 19.4. The van der Waals surface area contributed by atoms with Crippen LogP contribution in [-0.4, -0.2) is 68.9 Å². The van der Waals surface area contributed by atoms with Gasteiger partial charge in [-0.1, -0.05) is 6.07 Å². The number of carbonyl (C=O) groups excluding carboxylic acids is 2. The monoisotopic (exact) mass is 376 g/mol. The standard InChI is InChI=1S/C17H21FN6O3/c1-23-17(27-2)21-15(22-23)16(26)20-13-7-12(18)9-24(10-13)14(25)6-11-4-3-5-19-8-11/h3-5,8,12-13H,6-7,9-10H2,1-2H3,(H,20,26)/t12-,13+/m1/s1. The van der Waals surface area contributed by atoms with Crippen molar-refractivity contribution in [2.24, 2.45) is 7.05 Å². The maximum absolute atomic E-state index is 14.1. The van der Waals surface area contributed by atoms with Crippen molar-refractivity contribution in [3.8, 4) is 6.01 Å². The van der Waals surface area contributed by atoms with Crippen molar-refractivity contribution in [1.29, 1.82) is 0 Å². The summed E-state index contributed by atoms with van der Waals surface area (Å²) in [5, 5.41) is 6.66. The smallest absolute Gasteiger partial charge is 0.314 e. The van der Waals surface area contributed by atoms with Gasteiger partial charge in [-0.25, -0.2) is 9.07 Å². The van der Waals surface area contributed by atoms with Gasteiger partial charge in [0.1, 0.15) is 6.17 Å². The fraction of sp³-hybridized carbons (Fsp3) is 0.471. The number of rotatable bonds is 5. The highest BCUT2D eigenvalue weighted by atomic mass is 19.1. The highest BCUT2D eigenvalue weighted by molar-refractivity contribution is 5.90. The lowest BCUT2D eigenvalue weighted by Gasteiger charge is -2.35. The Morgan fingerprint density at radius 1 is 1.41 bits per heavy atom. The predicted octanol–water partition coefficient (Wildman–Crippen LogP) is 0.130. The fourth-order valence-corrected chi connectivity index (χ4v) is 3.03. The third-order valence-corrected chi connectivity index (χ3v) is 4.27. The van der Waals surface area contributed by atoms with E-state index >= 15 is 0 Å². The number of carbonyl (C=O) groups is 2. The minimum Gasteiger partial charge on any atom is -0.467 e. The first-order valence-electron chi connectivity index (χ1n) is 8.53. The summed E-state index contributed by atoms with van der Waals surface area (Å²) in [6.07, 6.45) is 2.28. The Bertz CT molecular complexity index is 812. The van der Waals surface area contributed by atoms with E-state index in [0.29, 0.717) is 0 Å². The number of piperidine rings is 1. The van der Waals surface area contributed by atoms with E-state index in [1.165, 1.54) is 16.7 Å². The Labute approximate surface area is 155 Å². The summed E-state index contributed by atoms with van der Waals surface area (Å²) in [5.41, 5.74) is 0.758. The molecule has 1 saturated heterocycles. The predicted molar refractivity (Wildman–Crippen MR) is 92.8 cm³/mol. The van der Waals surface area contributed by atoms with E-state index in [4.69, 9.17) is 4.74 Å². The number of alkyl halides is 1. The number of amides is 2. The third kappa shape index (κ3) is 4.57. The van der Waals surface area contributed by atoms with Crippen molar-refractivity contribution < 1.29 is 18.7 Å². The lowest BCUT2D eigenvalue weighted by Crippen LogP contribution is -2.53. The molecule has 1 N–H and O–H groups in total. The van der Waals surface area contributed by atoms with Gasteiger partial charge in [0.25, 0.3) is 5.91 Å². The molecule has 0 radical (unpaired) electrons. The number of nitrogens with zero attached hydrogens (tertiary/aromatic N) is 5. The number of aryl methyl sites for hydroxylation is 1. The van der Waals surface area contributed by atoms with Crippen LogP contribution in [0.2, 0.25) is 0 Å². The van der Waals surface area contributed by atoms with Gasteiger partial charge < -0.3 is 15.0 Å². The van der Waals surface area contributed by atoms with Crippen LogP contribution in [0.4, 0.5) is 4.39 Å². The van der Waals surface area contributed by atoms with Gasteiger partial charge in [0.15, 0.2) is 0 Å². The molecule has 10 heteroatoms. The second kappa shape index (κ2) is 8.11. The van der Waals surface area contributed by atoms with Gasteiger partial charge in [-0.15, -0.1) is 5.10 Å². The van der Waals surface area contributed by atoms with Crippen LogP contribution in [-0.2, 0) is 18.3 Å². The molecule has 0 aromatic carbocycles. The van der Waals surface area contributed by atoms with Gasteiger partial charge in [-0.3, -0.25) is 14.6 Å². The fourth-order valence-electron chi connectivity index (χ4n) is 3.03. The Hall–Kier alpha value is -3.04. The number of aromatic nitrogens is 4. The first-order chi connectivity index (χ1) is 13.0.